The lowest BCUT2D eigenvalue weighted by Gasteiger charge is -2.24. The second-order valence-electron chi connectivity index (χ2n) is 6.54. The van der Waals surface area contributed by atoms with E-state index < -0.39 is 17.1 Å². The second kappa shape index (κ2) is 8.26. The molecule has 0 aromatic heterocycles. The monoisotopic (exact) mass is 408 g/mol. The van der Waals surface area contributed by atoms with Crippen molar-refractivity contribution < 1.29 is 22.8 Å². The van der Waals surface area contributed by atoms with Gasteiger partial charge in [-0.05, 0) is 36.8 Å². The number of thioether (sulfide) groups is 1. The van der Waals surface area contributed by atoms with Crippen molar-refractivity contribution >= 4 is 29.3 Å². The fourth-order valence-corrected chi connectivity index (χ4v) is 4.13. The Morgan fingerprint density at radius 2 is 1.93 bits per heavy atom. The Morgan fingerprint density at radius 1 is 1.21 bits per heavy atom. The molecule has 1 heterocycles. The Balaban J connectivity index is 1.66. The van der Waals surface area contributed by atoms with Gasteiger partial charge in [-0.25, -0.2) is 0 Å². The number of hydrogen-bond acceptors (Lipinski definition) is 3. The summed E-state index contributed by atoms with van der Waals surface area (Å²) in [6, 6.07) is 12.3. The van der Waals surface area contributed by atoms with E-state index in [4.69, 9.17) is 0 Å². The van der Waals surface area contributed by atoms with Gasteiger partial charge in [0.15, 0.2) is 0 Å². The molecule has 0 unspecified atom stereocenters. The van der Waals surface area contributed by atoms with Gasteiger partial charge < -0.3 is 10.2 Å². The summed E-state index contributed by atoms with van der Waals surface area (Å²) in [5.74, 6) is -0.257. The van der Waals surface area contributed by atoms with E-state index in [9.17, 15) is 22.8 Å². The molecule has 2 amide bonds. The van der Waals surface area contributed by atoms with E-state index in [1.165, 1.54) is 22.7 Å². The van der Waals surface area contributed by atoms with Crippen molar-refractivity contribution in [3.05, 3.63) is 65.2 Å². The van der Waals surface area contributed by atoms with Crippen molar-refractivity contribution in [3.8, 4) is 0 Å². The molecule has 0 bridgehead atoms. The molecule has 1 atom stereocenters. The van der Waals surface area contributed by atoms with Crippen LogP contribution in [0.1, 0.15) is 28.5 Å². The van der Waals surface area contributed by atoms with E-state index in [0.29, 0.717) is 11.3 Å². The van der Waals surface area contributed by atoms with Gasteiger partial charge >= 0.3 is 6.18 Å². The van der Waals surface area contributed by atoms with E-state index in [-0.39, 0.29) is 30.5 Å². The van der Waals surface area contributed by atoms with Gasteiger partial charge in [0, 0.05) is 18.7 Å². The molecule has 2 aromatic carbocycles. The summed E-state index contributed by atoms with van der Waals surface area (Å²) in [5.41, 5.74) is 1.39. The van der Waals surface area contributed by atoms with Gasteiger partial charge in [-0.1, -0.05) is 29.8 Å². The van der Waals surface area contributed by atoms with Crippen molar-refractivity contribution in [1.82, 2.24) is 4.90 Å². The van der Waals surface area contributed by atoms with E-state index >= 15 is 0 Å². The summed E-state index contributed by atoms with van der Waals surface area (Å²) in [5, 5.41) is 2.23. The molecule has 0 spiro atoms. The normalized spacial score (nSPS) is 17.1. The summed E-state index contributed by atoms with van der Waals surface area (Å²) >= 11 is 1.27. The molecule has 1 aliphatic rings. The third-order valence-electron chi connectivity index (χ3n) is 4.38. The Morgan fingerprint density at radius 3 is 2.61 bits per heavy atom. The predicted octanol–water partition coefficient (Wildman–Crippen LogP) is 4.62. The van der Waals surface area contributed by atoms with Crippen molar-refractivity contribution in [2.75, 3.05) is 17.6 Å². The Kier molecular flexibility index (Phi) is 5.98. The maximum absolute atomic E-state index is 13.0. The largest absolute Gasteiger partial charge is 0.416 e. The lowest BCUT2D eigenvalue weighted by atomic mass is 10.1. The maximum atomic E-state index is 13.0. The molecule has 8 heteroatoms. The highest BCUT2D eigenvalue weighted by molar-refractivity contribution is 8.00. The van der Waals surface area contributed by atoms with Crippen molar-refractivity contribution in [3.63, 3.8) is 0 Å². The predicted molar refractivity (Wildman–Crippen MR) is 103 cm³/mol. The van der Waals surface area contributed by atoms with Crippen LogP contribution in [-0.2, 0) is 15.8 Å². The highest BCUT2D eigenvalue weighted by Gasteiger charge is 2.35. The fraction of sp³-hybridized carbons (Fsp3) is 0.300. The summed E-state index contributed by atoms with van der Waals surface area (Å²) in [4.78, 5) is 25.9. The first-order valence-electron chi connectivity index (χ1n) is 8.69. The Bertz CT molecular complexity index is 868. The van der Waals surface area contributed by atoms with Gasteiger partial charge in [-0.3, -0.25) is 9.59 Å². The van der Waals surface area contributed by atoms with Crippen LogP contribution < -0.4 is 5.32 Å². The van der Waals surface area contributed by atoms with Gasteiger partial charge in [0.2, 0.25) is 11.8 Å². The summed E-state index contributed by atoms with van der Waals surface area (Å²) < 4.78 is 38.9. The Labute approximate surface area is 165 Å². The van der Waals surface area contributed by atoms with E-state index in [0.717, 1.165) is 17.7 Å². The van der Waals surface area contributed by atoms with Crippen molar-refractivity contribution in [2.24, 2.45) is 0 Å². The molecule has 1 saturated heterocycles. The number of amides is 2. The third kappa shape index (κ3) is 4.86. The minimum atomic E-state index is -4.44. The van der Waals surface area contributed by atoms with Crippen LogP contribution in [0.3, 0.4) is 0 Å². The van der Waals surface area contributed by atoms with Crippen LogP contribution in [0.2, 0.25) is 0 Å². The number of halogens is 3. The number of carbonyl (C=O) groups excluding carboxylic acids is 2. The zero-order chi connectivity index (χ0) is 20.3. The number of alkyl halides is 3. The van der Waals surface area contributed by atoms with Crippen LogP contribution in [0.4, 0.5) is 18.9 Å². The quantitative estimate of drug-likeness (QED) is 0.786. The van der Waals surface area contributed by atoms with Gasteiger partial charge in [0.25, 0.3) is 0 Å². The van der Waals surface area contributed by atoms with Crippen molar-refractivity contribution in [1.29, 1.82) is 0 Å². The summed E-state index contributed by atoms with van der Waals surface area (Å²) in [7, 11) is 0. The van der Waals surface area contributed by atoms with Gasteiger partial charge in [-0.2, -0.15) is 13.2 Å². The average molecular weight is 408 g/mol. The molecule has 28 heavy (non-hydrogen) atoms. The second-order valence-corrected chi connectivity index (χ2v) is 7.61. The SMILES string of the molecule is Cc1ccc(NC(=O)CCN2C(=O)CS[C@@H]2c2cccc(C(F)(F)F)c2)cc1. The minimum Gasteiger partial charge on any atom is -0.326 e. The highest BCUT2D eigenvalue weighted by Crippen LogP contribution is 2.40. The first-order valence-corrected chi connectivity index (χ1v) is 9.73. The van der Waals surface area contributed by atoms with Crippen LogP contribution in [-0.4, -0.2) is 29.0 Å². The molecular weight excluding hydrogens is 389 g/mol. The number of carbonyl (C=O) groups is 2. The molecule has 1 fully saturated rings. The summed E-state index contributed by atoms with van der Waals surface area (Å²) in [6.07, 6.45) is -4.38. The molecule has 2 aromatic rings. The Hall–Kier alpha value is -2.48. The lowest BCUT2D eigenvalue weighted by Crippen LogP contribution is -2.31. The fourth-order valence-electron chi connectivity index (χ4n) is 2.92. The number of nitrogens with zero attached hydrogens (tertiary/aromatic N) is 1. The molecular formula is C20H19F3N2O2S. The topological polar surface area (TPSA) is 49.4 Å². The molecule has 0 saturated carbocycles. The van der Waals surface area contributed by atoms with E-state index in [1.54, 1.807) is 18.2 Å². The molecule has 3 rings (SSSR count). The molecule has 0 aliphatic carbocycles. The number of rotatable bonds is 5. The average Bonchev–Trinajstić information content (AvgIpc) is 3.02. The van der Waals surface area contributed by atoms with Crippen LogP contribution in [0.5, 0.6) is 0 Å². The first-order chi connectivity index (χ1) is 13.2. The molecule has 0 radical (unpaired) electrons. The van der Waals surface area contributed by atoms with Gasteiger partial charge in [0.1, 0.15) is 5.37 Å². The zero-order valence-electron chi connectivity index (χ0n) is 15.1. The number of aryl methyl sites for hydroxylation is 1. The lowest BCUT2D eigenvalue weighted by molar-refractivity contribution is -0.137. The van der Waals surface area contributed by atoms with Gasteiger partial charge in [-0.15, -0.1) is 11.8 Å². The summed E-state index contributed by atoms with van der Waals surface area (Å²) in [6.45, 7) is 2.08. The molecule has 1 aliphatic heterocycles. The maximum Gasteiger partial charge on any atom is 0.416 e. The van der Waals surface area contributed by atoms with Gasteiger partial charge in [0.05, 0.1) is 11.3 Å². The smallest absolute Gasteiger partial charge is 0.326 e. The van der Waals surface area contributed by atoms with Crippen LogP contribution >= 0.6 is 11.8 Å². The first kappa shape index (κ1) is 20.3. The molecule has 1 N–H and O–H groups in total. The molecule has 148 valence electrons. The zero-order valence-corrected chi connectivity index (χ0v) is 15.9. The number of benzene rings is 2. The number of nitrogens with one attached hydrogen (secondary N) is 1. The highest BCUT2D eigenvalue weighted by atomic mass is 32.2. The minimum absolute atomic E-state index is 0.0651. The van der Waals surface area contributed by atoms with E-state index in [2.05, 4.69) is 5.32 Å². The third-order valence-corrected chi connectivity index (χ3v) is 5.64. The molecule has 4 nitrogen and oxygen atoms in total. The van der Waals surface area contributed by atoms with Crippen LogP contribution in [0.25, 0.3) is 0 Å². The van der Waals surface area contributed by atoms with Crippen molar-refractivity contribution in [2.45, 2.75) is 24.9 Å². The number of hydrogen-bond donors (Lipinski definition) is 1. The standard InChI is InChI=1S/C20H19F3N2O2S/c1-13-5-7-16(8-6-13)24-17(26)9-10-25-18(27)12-28-19(25)14-3-2-4-15(11-14)20(21,22)23/h2-8,11,19H,9-10,12H2,1H3,(H,24,26)/t19-/m1/s1. The van der Waals surface area contributed by atoms with Crippen LogP contribution in [0, 0.1) is 6.92 Å². The van der Waals surface area contributed by atoms with Crippen LogP contribution in [0.15, 0.2) is 48.5 Å². The number of anilines is 1. The van der Waals surface area contributed by atoms with E-state index in [1.807, 2.05) is 19.1 Å².